The van der Waals surface area contributed by atoms with E-state index in [4.69, 9.17) is 9.47 Å². The zero-order chi connectivity index (χ0) is 13.4. The van der Waals surface area contributed by atoms with E-state index in [9.17, 15) is 5.11 Å². The van der Waals surface area contributed by atoms with Gasteiger partial charge in [0.15, 0.2) is 5.79 Å². The molecule has 0 fully saturated rings. The van der Waals surface area contributed by atoms with Crippen molar-refractivity contribution in [1.82, 2.24) is 0 Å². The van der Waals surface area contributed by atoms with Gasteiger partial charge in [-0.05, 0) is 26.2 Å². The highest BCUT2D eigenvalue weighted by Gasteiger charge is 2.47. The fourth-order valence-electron chi connectivity index (χ4n) is 1.92. The van der Waals surface area contributed by atoms with Crippen LogP contribution in [0.1, 0.15) is 66.7 Å². The number of hydrogen-bond donors (Lipinski definition) is 1. The summed E-state index contributed by atoms with van der Waals surface area (Å²) in [4.78, 5) is 0. The van der Waals surface area contributed by atoms with Gasteiger partial charge in [-0.25, -0.2) is 0 Å². The first-order valence-electron chi connectivity index (χ1n) is 6.99. The molecule has 1 N–H and O–H groups in total. The molecule has 0 spiro atoms. The van der Waals surface area contributed by atoms with Gasteiger partial charge in [0.2, 0.25) is 0 Å². The zero-order valence-corrected chi connectivity index (χ0v) is 12.2. The van der Waals surface area contributed by atoms with E-state index in [1.807, 2.05) is 20.8 Å². The highest BCUT2D eigenvalue weighted by Crippen LogP contribution is 2.35. The maximum Gasteiger partial charge on any atom is 0.194 e. The third-order valence-corrected chi connectivity index (χ3v) is 3.26. The summed E-state index contributed by atoms with van der Waals surface area (Å²) in [6, 6.07) is 0. The Morgan fingerprint density at radius 2 is 1.41 bits per heavy atom. The van der Waals surface area contributed by atoms with Gasteiger partial charge in [-0.2, -0.15) is 0 Å². The number of hydrogen-bond acceptors (Lipinski definition) is 3. The Hall–Kier alpha value is -0.120. The Balaban J connectivity index is 4.80. The van der Waals surface area contributed by atoms with E-state index < -0.39 is 11.4 Å². The van der Waals surface area contributed by atoms with Crippen molar-refractivity contribution in [3.8, 4) is 0 Å². The van der Waals surface area contributed by atoms with E-state index in [1.54, 1.807) is 0 Å². The second kappa shape index (κ2) is 8.06. The monoisotopic (exact) mass is 246 g/mol. The number of rotatable bonds is 10. The quantitative estimate of drug-likeness (QED) is 0.600. The summed E-state index contributed by atoms with van der Waals surface area (Å²) < 4.78 is 11.6. The first-order valence-corrected chi connectivity index (χ1v) is 6.99. The average Bonchev–Trinajstić information content (AvgIpc) is 2.33. The Kier molecular flexibility index (Phi) is 8.01. The molecule has 0 radical (unpaired) electrons. The standard InChI is InChI=1S/C14H30O3/c1-6-10-14(15,17-12-8-3)13(5,9-4)16-11-7-2/h15H,6-12H2,1-5H3. The van der Waals surface area contributed by atoms with Gasteiger partial charge >= 0.3 is 0 Å². The minimum absolute atomic E-state index is 0.571. The van der Waals surface area contributed by atoms with Crippen LogP contribution in [0.3, 0.4) is 0 Å². The SMILES string of the molecule is CCCOC(C)(CC)C(O)(CCC)OCCC. The van der Waals surface area contributed by atoms with Crippen molar-refractivity contribution in [2.24, 2.45) is 0 Å². The molecule has 0 aliphatic carbocycles. The van der Waals surface area contributed by atoms with Crippen LogP contribution in [0.4, 0.5) is 0 Å². The van der Waals surface area contributed by atoms with Crippen LogP contribution in [0.2, 0.25) is 0 Å². The maximum absolute atomic E-state index is 10.7. The summed E-state index contributed by atoms with van der Waals surface area (Å²) in [5, 5.41) is 10.7. The molecule has 0 heterocycles. The average molecular weight is 246 g/mol. The zero-order valence-electron chi connectivity index (χ0n) is 12.2. The normalized spacial score (nSPS) is 18.7. The molecule has 0 aliphatic heterocycles. The third-order valence-electron chi connectivity index (χ3n) is 3.26. The van der Waals surface area contributed by atoms with E-state index in [-0.39, 0.29) is 0 Å². The molecule has 3 heteroatoms. The van der Waals surface area contributed by atoms with Crippen LogP contribution in [0.5, 0.6) is 0 Å². The Labute approximate surface area is 107 Å². The molecule has 2 atom stereocenters. The van der Waals surface area contributed by atoms with Gasteiger partial charge in [-0.15, -0.1) is 0 Å². The van der Waals surface area contributed by atoms with Gasteiger partial charge in [0.25, 0.3) is 0 Å². The minimum Gasteiger partial charge on any atom is -0.370 e. The van der Waals surface area contributed by atoms with Gasteiger partial charge < -0.3 is 14.6 Å². The Morgan fingerprint density at radius 1 is 0.882 bits per heavy atom. The van der Waals surface area contributed by atoms with E-state index >= 15 is 0 Å². The van der Waals surface area contributed by atoms with E-state index in [2.05, 4.69) is 13.8 Å². The van der Waals surface area contributed by atoms with Crippen molar-refractivity contribution >= 4 is 0 Å². The van der Waals surface area contributed by atoms with Crippen LogP contribution in [-0.4, -0.2) is 29.7 Å². The van der Waals surface area contributed by atoms with E-state index in [0.29, 0.717) is 19.6 Å². The van der Waals surface area contributed by atoms with Crippen LogP contribution in [0.15, 0.2) is 0 Å². The molecular weight excluding hydrogens is 216 g/mol. The number of ether oxygens (including phenoxy) is 2. The lowest BCUT2D eigenvalue weighted by molar-refractivity contribution is -0.311. The molecule has 0 aromatic carbocycles. The van der Waals surface area contributed by atoms with E-state index in [0.717, 1.165) is 25.7 Å². The van der Waals surface area contributed by atoms with Crippen LogP contribution < -0.4 is 0 Å². The molecule has 3 nitrogen and oxygen atoms in total. The lowest BCUT2D eigenvalue weighted by Crippen LogP contribution is -2.55. The molecule has 0 rings (SSSR count). The highest BCUT2D eigenvalue weighted by atomic mass is 16.7. The van der Waals surface area contributed by atoms with E-state index in [1.165, 1.54) is 0 Å². The van der Waals surface area contributed by atoms with Crippen LogP contribution in [-0.2, 0) is 9.47 Å². The second-order valence-electron chi connectivity index (χ2n) is 4.82. The molecule has 0 aliphatic rings. The molecule has 0 amide bonds. The molecule has 104 valence electrons. The summed E-state index contributed by atoms with van der Waals surface area (Å²) in [7, 11) is 0. The van der Waals surface area contributed by atoms with Crippen molar-refractivity contribution in [2.45, 2.75) is 78.1 Å². The molecule has 0 saturated heterocycles. The van der Waals surface area contributed by atoms with Gasteiger partial charge in [0, 0.05) is 19.6 Å². The minimum atomic E-state index is -1.16. The van der Waals surface area contributed by atoms with Gasteiger partial charge in [-0.1, -0.05) is 34.1 Å². The lowest BCUT2D eigenvalue weighted by Gasteiger charge is -2.44. The highest BCUT2D eigenvalue weighted by molar-refractivity contribution is 4.90. The van der Waals surface area contributed by atoms with Gasteiger partial charge in [0.1, 0.15) is 5.60 Å². The molecule has 0 bridgehead atoms. The van der Waals surface area contributed by atoms with Crippen molar-refractivity contribution in [3.05, 3.63) is 0 Å². The summed E-state index contributed by atoms with van der Waals surface area (Å²) >= 11 is 0. The number of aliphatic hydroxyl groups is 1. The smallest absolute Gasteiger partial charge is 0.194 e. The van der Waals surface area contributed by atoms with Gasteiger partial charge in [-0.3, -0.25) is 0 Å². The maximum atomic E-state index is 10.7. The van der Waals surface area contributed by atoms with Crippen LogP contribution in [0, 0.1) is 0 Å². The molecule has 17 heavy (non-hydrogen) atoms. The summed E-state index contributed by atoms with van der Waals surface area (Å²) in [5.41, 5.74) is -0.617. The molecule has 2 unspecified atom stereocenters. The topological polar surface area (TPSA) is 38.7 Å². The van der Waals surface area contributed by atoms with Crippen LogP contribution in [0.25, 0.3) is 0 Å². The fourth-order valence-corrected chi connectivity index (χ4v) is 1.92. The van der Waals surface area contributed by atoms with Crippen molar-refractivity contribution < 1.29 is 14.6 Å². The molecule has 0 aromatic rings. The van der Waals surface area contributed by atoms with Crippen molar-refractivity contribution in [2.75, 3.05) is 13.2 Å². The molecular formula is C14H30O3. The Morgan fingerprint density at radius 3 is 1.82 bits per heavy atom. The van der Waals surface area contributed by atoms with Crippen molar-refractivity contribution in [3.63, 3.8) is 0 Å². The predicted molar refractivity (Wildman–Crippen MR) is 71.0 cm³/mol. The van der Waals surface area contributed by atoms with Crippen molar-refractivity contribution in [1.29, 1.82) is 0 Å². The summed E-state index contributed by atoms with van der Waals surface area (Å²) in [6.07, 6.45) is 4.09. The van der Waals surface area contributed by atoms with Crippen LogP contribution >= 0.6 is 0 Å². The Bertz CT molecular complexity index is 196. The lowest BCUT2D eigenvalue weighted by atomic mass is 9.88. The third kappa shape index (κ3) is 4.57. The first kappa shape index (κ1) is 16.9. The summed E-state index contributed by atoms with van der Waals surface area (Å²) in [6.45, 7) is 11.4. The largest absolute Gasteiger partial charge is 0.370 e. The molecule has 0 aromatic heterocycles. The predicted octanol–water partition coefficient (Wildman–Crippen LogP) is 3.50. The van der Waals surface area contributed by atoms with Gasteiger partial charge in [0.05, 0.1) is 0 Å². The fraction of sp³-hybridized carbons (Fsp3) is 1.00. The first-order chi connectivity index (χ1) is 7.99. The summed E-state index contributed by atoms with van der Waals surface area (Å²) in [5.74, 6) is -1.16. The second-order valence-corrected chi connectivity index (χ2v) is 4.82. The molecule has 0 saturated carbocycles.